The molecule has 17 heavy (non-hydrogen) atoms. The van der Waals surface area contributed by atoms with Gasteiger partial charge in [-0.15, -0.1) is 0 Å². The molecule has 0 atom stereocenters. The summed E-state index contributed by atoms with van der Waals surface area (Å²) in [6, 6.07) is 8.06. The van der Waals surface area contributed by atoms with Gasteiger partial charge in [0.2, 0.25) is 0 Å². The summed E-state index contributed by atoms with van der Waals surface area (Å²) in [7, 11) is 0. The van der Waals surface area contributed by atoms with E-state index >= 15 is 0 Å². The van der Waals surface area contributed by atoms with Crippen LogP contribution in [0.25, 0.3) is 0 Å². The number of nitrogens with zero attached hydrogens (tertiary/aromatic N) is 1. The summed E-state index contributed by atoms with van der Waals surface area (Å²) in [6.07, 6.45) is 1.84. The van der Waals surface area contributed by atoms with Gasteiger partial charge in [0.05, 0.1) is 11.4 Å². The molecule has 3 heteroatoms. The molecule has 2 aromatic rings. The molecular formula is C14H17N3. The van der Waals surface area contributed by atoms with Gasteiger partial charge in [-0.25, -0.2) is 4.99 Å². The normalized spacial score (nSPS) is 11.8. The monoisotopic (exact) mass is 227 g/mol. The fourth-order valence-electron chi connectivity index (χ4n) is 2.02. The van der Waals surface area contributed by atoms with Crippen molar-refractivity contribution in [2.75, 3.05) is 0 Å². The van der Waals surface area contributed by atoms with Crippen molar-refractivity contribution in [1.29, 1.82) is 0 Å². The van der Waals surface area contributed by atoms with E-state index in [-0.39, 0.29) is 0 Å². The number of nitrogens with one attached hydrogen (secondary N) is 1. The SMILES string of the molecule is Cc1cc(C)c(N=C(N)c2ccc[nH]2)c(C)c1. The number of aromatic nitrogens is 1. The number of aliphatic imine (C=N–C) groups is 1. The molecule has 0 aliphatic carbocycles. The van der Waals surface area contributed by atoms with Gasteiger partial charge >= 0.3 is 0 Å². The van der Waals surface area contributed by atoms with Crippen molar-refractivity contribution in [2.24, 2.45) is 10.7 Å². The Morgan fingerprint density at radius 3 is 2.35 bits per heavy atom. The minimum Gasteiger partial charge on any atom is -0.382 e. The van der Waals surface area contributed by atoms with Crippen LogP contribution < -0.4 is 5.73 Å². The minimum atomic E-state index is 0.519. The molecule has 2 rings (SSSR count). The Hall–Kier alpha value is -2.03. The highest BCUT2D eigenvalue weighted by atomic mass is 14.9. The zero-order valence-electron chi connectivity index (χ0n) is 10.4. The maximum absolute atomic E-state index is 5.97. The lowest BCUT2D eigenvalue weighted by molar-refractivity contribution is 1.27. The van der Waals surface area contributed by atoms with Crippen molar-refractivity contribution < 1.29 is 0 Å². The molecule has 0 aliphatic rings. The third kappa shape index (κ3) is 2.38. The van der Waals surface area contributed by atoms with E-state index in [2.05, 4.69) is 42.9 Å². The van der Waals surface area contributed by atoms with Gasteiger partial charge in [-0.3, -0.25) is 0 Å². The van der Waals surface area contributed by atoms with Crippen LogP contribution in [0.2, 0.25) is 0 Å². The minimum absolute atomic E-state index is 0.519. The Morgan fingerprint density at radius 1 is 1.18 bits per heavy atom. The molecule has 0 amide bonds. The van der Waals surface area contributed by atoms with Crippen LogP contribution in [-0.4, -0.2) is 10.8 Å². The molecule has 88 valence electrons. The predicted octanol–water partition coefficient (Wildman–Crippen LogP) is 2.98. The summed E-state index contributed by atoms with van der Waals surface area (Å²) >= 11 is 0. The van der Waals surface area contributed by atoms with Gasteiger partial charge in [0.1, 0.15) is 5.84 Å². The molecular weight excluding hydrogens is 210 g/mol. The Morgan fingerprint density at radius 2 is 1.82 bits per heavy atom. The van der Waals surface area contributed by atoms with Gasteiger partial charge in [0.25, 0.3) is 0 Å². The maximum Gasteiger partial charge on any atom is 0.147 e. The smallest absolute Gasteiger partial charge is 0.147 e. The number of amidine groups is 1. The largest absolute Gasteiger partial charge is 0.382 e. The topological polar surface area (TPSA) is 54.2 Å². The van der Waals surface area contributed by atoms with Crippen molar-refractivity contribution >= 4 is 11.5 Å². The highest BCUT2D eigenvalue weighted by molar-refractivity contribution is 5.97. The molecule has 0 bridgehead atoms. The molecule has 0 spiro atoms. The Kier molecular flexibility index (Phi) is 3.00. The standard InChI is InChI=1S/C14H17N3/c1-9-7-10(2)13(11(3)8-9)17-14(15)12-5-4-6-16-12/h4-8,16H,1-3H3,(H2,15,17). The average Bonchev–Trinajstić information content (AvgIpc) is 2.76. The molecule has 0 aliphatic heterocycles. The molecule has 0 unspecified atom stereocenters. The molecule has 0 fully saturated rings. The maximum atomic E-state index is 5.97. The van der Waals surface area contributed by atoms with Crippen molar-refractivity contribution in [3.63, 3.8) is 0 Å². The van der Waals surface area contributed by atoms with E-state index in [1.165, 1.54) is 5.56 Å². The molecule has 1 aromatic carbocycles. The molecule has 0 saturated carbocycles. The number of hydrogen-bond acceptors (Lipinski definition) is 1. The van der Waals surface area contributed by atoms with Crippen LogP contribution in [0.1, 0.15) is 22.4 Å². The lowest BCUT2D eigenvalue weighted by Gasteiger charge is -2.07. The van der Waals surface area contributed by atoms with E-state index in [1.807, 2.05) is 18.3 Å². The molecule has 3 N–H and O–H groups in total. The van der Waals surface area contributed by atoms with E-state index in [0.717, 1.165) is 22.5 Å². The summed E-state index contributed by atoms with van der Waals surface area (Å²) in [5.74, 6) is 0.519. The number of rotatable bonds is 2. The van der Waals surface area contributed by atoms with Crippen LogP contribution >= 0.6 is 0 Å². The molecule has 1 aromatic heterocycles. The second-order valence-corrected chi connectivity index (χ2v) is 4.33. The van der Waals surface area contributed by atoms with E-state index < -0.39 is 0 Å². The van der Waals surface area contributed by atoms with Gasteiger partial charge in [-0.1, -0.05) is 17.7 Å². The van der Waals surface area contributed by atoms with Crippen LogP contribution in [0, 0.1) is 20.8 Å². The average molecular weight is 227 g/mol. The summed E-state index contributed by atoms with van der Waals surface area (Å²) in [5, 5.41) is 0. The number of nitrogens with two attached hydrogens (primary N) is 1. The van der Waals surface area contributed by atoms with Crippen LogP contribution in [0.15, 0.2) is 35.5 Å². The van der Waals surface area contributed by atoms with Gasteiger partial charge in [-0.05, 0) is 44.0 Å². The first-order valence-electron chi connectivity index (χ1n) is 5.63. The number of hydrogen-bond donors (Lipinski definition) is 2. The first-order valence-corrected chi connectivity index (χ1v) is 5.63. The predicted molar refractivity (Wildman–Crippen MR) is 71.8 cm³/mol. The van der Waals surface area contributed by atoms with E-state index in [9.17, 15) is 0 Å². The van der Waals surface area contributed by atoms with Crippen LogP contribution in [0.5, 0.6) is 0 Å². The van der Waals surface area contributed by atoms with E-state index in [1.54, 1.807) is 0 Å². The molecule has 3 nitrogen and oxygen atoms in total. The van der Waals surface area contributed by atoms with Gasteiger partial charge < -0.3 is 10.7 Å². The second kappa shape index (κ2) is 4.45. The lowest BCUT2D eigenvalue weighted by Crippen LogP contribution is -2.13. The Bertz CT molecular complexity index is 528. The van der Waals surface area contributed by atoms with Gasteiger partial charge in [-0.2, -0.15) is 0 Å². The van der Waals surface area contributed by atoms with Crippen molar-refractivity contribution in [2.45, 2.75) is 20.8 Å². The number of benzene rings is 1. The highest BCUT2D eigenvalue weighted by Crippen LogP contribution is 2.25. The van der Waals surface area contributed by atoms with E-state index in [0.29, 0.717) is 5.84 Å². The van der Waals surface area contributed by atoms with Crippen molar-refractivity contribution in [3.05, 3.63) is 52.8 Å². The fraction of sp³-hybridized carbons (Fsp3) is 0.214. The number of aromatic amines is 1. The Balaban J connectivity index is 2.46. The first-order chi connectivity index (χ1) is 8.08. The lowest BCUT2D eigenvalue weighted by atomic mass is 10.1. The summed E-state index contributed by atoms with van der Waals surface area (Å²) in [6.45, 7) is 6.20. The summed E-state index contributed by atoms with van der Waals surface area (Å²) in [5.41, 5.74) is 11.3. The fourth-order valence-corrected chi connectivity index (χ4v) is 2.02. The van der Waals surface area contributed by atoms with Crippen LogP contribution in [-0.2, 0) is 0 Å². The zero-order chi connectivity index (χ0) is 12.4. The summed E-state index contributed by atoms with van der Waals surface area (Å²) in [4.78, 5) is 7.56. The first kappa shape index (κ1) is 11.5. The van der Waals surface area contributed by atoms with Crippen LogP contribution in [0.4, 0.5) is 5.69 Å². The third-order valence-corrected chi connectivity index (χ3v) is 2.74. The van der Waals surface area contributed by atoms with Crippen molar-refractivity contribution in [3.8, 4) is 0 Å². The second-order valence-electron chi connectivity index (χ2n) is 4.33. The highest BCUT2D eigenvalue weighted by Gasteiger charge is 2.05. The van der Waals surface area contributed by atoms with Gasteiger partial charge in [0, 0.05) is 6.20 Å². The molecule has 0 saturated heterocycles. The summed E-state index contributed by atoms with van der Waals surface area (Å²) < 4.78 is 0. The van der Waals surface area contributed by atoms with Gasteiger partial charge in [0.15, 0.2) is 0 Å². The molecule has 0 radical (unpaired) electrons. The van der Waals surface area contributed by atoms with Crippen molar-refractivity contribution in [1.82, 2.24) is 4.98 Å². The van der Waals surface area contributed by atoms with Crippen LogP contribution in [0.3, 0.4) is 0 Å². The number of H-pyrrole nitrogens is 1. The molecule has 1 heterocycles. The quantitative estimate of drug-likeness (QED) is 0.601. The van der Waals surface area contributed by atoms with E-state index in [4.69, 9.17) is 5.73 Å². The zero-order valence-corrected chi connectivity index (χ0v) is 10.4. The third-order valence-electron chi connectivity index (χ3n) is 2.74. The number of aryl methyl sites for hydroxylation is 3. The Labute approximate surface area is 101 Å².